The highest BCUT2D eigenvalue weighted by molar-refractivity contribution is 5.23. The van der Waals surface area contributed by atoms with E-state index in [9.17, 15) is 17.6 Å². The first kappa shape index (κ1) is 24.3. The lowest BCUT2D eigenvalue weighted by Gasteiger charge is -2.32. The van der Waals surface area contributed by atoms with Crippen molar-refractivity contribution in [1.82, 2.24) is 0 Å². The molecule has 1 aromatic rings. The third kappa shape index (κ3) is 7.64. The largest absolute Gasteiger partial charge is 0.251 e. The lowest BCUT2D eigenvalue weighted by molar-refractivity contribution is 0.231. The lowest BCUT2D eigenvalue weighted by atomic mass is 9.74. The van der Waals surface area contributed by atoms with E-state index in [4.69, 9.17) is 0 Å². The normalized spacial score (nSPS) is 27.1. The quantitative estimate of drug-likeness (QED) is 0.148. The van der Waals surface area contributed by atoms with E-state index in [1.807, 2.05) is 0 Å². The number of allylic oxidation sites excluding steroid dienone is 2. The molecule has 0 bridgehead atoms. The number of hydrogen-bond acceptors (Lipinski definition) is 0. The minimum Gasteiger partial charge on any atom is -0.251 e. The highest BCUT2D eigenvalue weighted by Gasteiger charge is 2.26. The van der Waals surface area contributed by atoms with E-state index in [-0.39, 0.29) is 12.6 Å². The van der Waals surface area contributed by atoms with Gasteiger partial charge in [0.05, 0.1) is 6.67 Å². The molecule has 2 fully saturated rings. The van der Waals surface area contributed by atoms with Crippen molar-refractivity contribution in [3.05, 3.63) is 47.3 Å². The van der Waals surface area contributed by atoms with Crippen LogP contribution in [0, 0.1) is 35.2 Å². The average Bonchev–Trinajstić information content (AvgIpc) is 2.79. The highest BCUT2D eigenvalue weighted by atomic mass is 19.2. The van der Waals surface area contributed by atoms with Gasteiger partial charge in [0, 0.05) is 0 Å². The molecule has 1 aromatic carbocycles. The Labute approximate surface area is 185 Å². The fourth-order valence-corrected chi connectivity index (χ4v) is 5.59. The summed E-state index contributed by atoms with van der Waals surface area (Å²) in [7, 11) is 0. The van der Waals surface area contributed by atoms with Gasteiger partial charge in [-0.1, -0.05) is 37.8 Å². The van der Waals surface area contributed by atoms with E-state index in [2.05, 4.69) is 12.2 Å². The van der Waals surface area contributed by atoms with E-state index in [1.54, 1.807) is 0 Å². The zero-order chi connectivity index (χ0) is 22.1. The Morgan fingerprint density at radius 3 is 1.84 bits per heavy atom. The summed E-state index contributed by atoms with van der Waals surface area (Å²) in [5.74, 6) is -0.960. The Kier molecular flexibility index (Phi) is 9.93. The standard InChI is InChI=1S/C27H38F4/c28-17-5-3-1-2-4-6-20-7-9-21(10-8-20)11-12-22-13-15-23(16-14-22)24-18-25(29)27(31)26(30)19-24/h2,4,18-23H,1,3,5-17H2/b4-2+/t20-,21-,22?,23?. The fourth-order valence-electron chi connectivity index (χ4n) is 5.59. The van der Waals surface area contributed by atoms with Crippen LogP contribution in [-0.4, -0.2) is 6.67 Å². The summed E-state index contributed by atoms with van der Waals surface area (Å²) in [5, 5.41) is 0. The Balaban J connectivity index is 1.30. The Bertz CT molecular complexity index is 659. The van der Waals surface area contributed by atoms with Gasteiger partial charge in [-0.25, -0.2) is 13.2 Å². The molecule has 2 saturated carbocycles. The molecule has 0 aliphatic heterocycles. The van der Waals surface area contributed by atoms with Crippen molar-refractivity contribution in [3.8, 4) is 0 Å². The number of rotatable bonds is 10. The van der Waals surface area contributed by atoms with Crippen molar-refractivity contribution in [2.24, 2.45) is 17.8 Å². The maximum absolute atomic E-state index is 13.5. The molecule has 0 heterocycles. The van der Waals surface area contributed by atoms with Crippen LogP contribution in [0.3, 0.4) is 0 Å². The molecule has 174 valence electrons. The maximum Gasteiger partial charge on any atom is 0.194 e. The summed E-state index contributed by atoms with van der Waals surface area (Å²) in [6, 6.07) is 2.36. The van der Waals surface area contributed by atoms with Crippen LogP contribution >= 0.6 is 0 Å². The molecule has 0 aromatic heterocycles. The molecule has 0 atom stereocenters. The van der Waals surface area contributed by atoms with Gasteiger partial charge in [-0.15, -0.1) is 0 Å². The van der Waals surface area contributed by atoms with Gasteiger partial charge < -0.3 is 0 Å². The van der Waals surface area contributed by atoms with Crippen LogP contribution < -0.4 is 0 Å². The van der Waals surface area contributed by atoms with E-state index in [1.165, 1.54) is 57.1 Å². The molecule has 31 heavy (non-hydrogen) atoms. The van der Waals surface area contributed by atoms with E-state index in [0.29, 0.717) is 12.0 Å². The van der Waals surface area contributed by atoms with Crippen LogP contribution in [0.5, 0.6) is 0 Å². The van der Waals surface area contributed by atoms with Crippen molar-refractivity contribution in [2.75, 3.05) is 6.67 Å². The summed E-state index contributed by atoms with van der Waals surface area (Å²) >= 11 is 0. The second-order valence-electron chi connectivity index (χ2n) is 9.87. The van der Waals surface area contributed by atoms with Gasteiger partial charge in [0.2, 0.25) is 0 Å². The molecule has 0 radical (unpaired) electrons. The summed E-state index contributed by atoms with van der Waals surface area (Å²) in [6.07, 6.45) is 20.4. The lowest BCUT2D eigenvalue weighted by Crippen LogP contribution is -2.18. The minimum atomic E-state index is -1.36. The minimum absolute atomic E-state index is 0.154. The molecule has 0 spiro atoms. The summed E-state index contributed by atoms with van der Waals surface area (Å²) < 4.78 is 52.3. The van der Waals surface area contributed by atoms with Gasteiger partial charge in [-0.3, -0.25) is 4.39 Å². The topological polar surface area (TPSA) is 0 Å². The second kappa shape index (κ2) is 12.6. The smallest absolute Gasteiger partial charge is 0.194 e. The first-order valence-corrected chi connectivity index (χ1v) is 12.4. The highest BCUT2D eigenvalue weighted by Crippen LogP contribution is 2.40. The van der Waals surface area contributed by atoms with Gasteiger partial charge >= 0.3 is 0 Å². The van der Waals surface area contributed by atoms with Gasteiger partial charge in [-0.2, -0.15) is 0 Å². The molecule has 0 saturated heterocycles. The number of alkyl halides is 1. The molecular weight excluding hydrogens is 400 g/mol. The summed E-state index contributed by atoms with van der Waals surface area (Å²) in [4.78, 5) is 0. The van der Waals surface area contributed by atoms with Gasteiger partial charge in [0.25, 0.3) is 0 Å². The number of benzene rings is 1. The third-order valence-electron chi connectivity index (χ3n) is 7.66. The van der Waals surface area contributed by atoms with Crippen LogP contribution in [-0.2, 0) is 0 Å². The van der Waals surface area contributed by atoms with Crippen LogP contribution in [0.1, 0.15) is 101 Å². The Morgan fingerprint density at radius 1 is 0.710 bits per heavy atom. The monoisotopic (exact) mass is 438 g/mol. The Hall–Kier alpha value is -1.32. The summed E-state index contributed by atoms with van der Waals surface area (Å²) in [5.41, 5.74) is 0.615. The summed E-state index contributed by atoms with van der Waals surface area (Å²) in [6.45, 7) is -0.201. The van der Waals surface area contributed by atoms with E-state index < -0.39 is 17.5 Å². The maximum atomic E-state index is 13.5. The molecule has 3 rings (SSSR count). The SMILES string of the molecule is FCCCC/C=C/C[C@H]1CC[C@H](CCC2CCC(c3cc(F)c(F)c(F)c3)CC2)CC1. The van der Waals surface area contributed by atoms with Crippen LogP contribution in [0.4, 0.5) is 17.6 Å². The van der Waals surface area contributed by atoms with Crippen molar-refractivity contribution in [1.29, 1.82) is 0 Å². The van der Waals surface area contributed by atoms with Crippen LogP contribution in [0.2, 0.25) is 0 Å². The van der Waals surface area contributed by atoms with Crippen molar-refractivity contribution < 1.29 is 17.6 Å². The van der Waals surface area contributed by atoms with E-state index >= 15 is 0 Å². The molecule has 2 aliphatic carbocycles. The number of hydrogen-bond donors (Lipinski definition) is 0. The van der Waals surface area contributed by atoms with Crippen LogP contribution in [0.25, 0.3) is 0 Å². The van der Waals surface area contributed by atoms with E-state index in [0.717, 1.165) is 56.3 Å². The first-order chi connectivity index (χ1) is 15.1. The zero-order valence-corrected chi connectivity index (χ0v) is 18.7. The third-order valence-corrected chi connectivity index (χ3v) is 7.66. The average molecular weight is 439 g/mol. The van der Waals surface area contributed by atoms with Crippen LogP contribution in [0.15, 0.2) is 24.3 Å². The predicted octanol–water partition coefficient (Wildman–Crippen LogP) is 9.05. The number of unbranched alkanes of at least 4 members (excludes halogenated alkanes) is 2. The molecule has 0 N–H and O–H groups in total. The van der Waals surface area contributed by atoms with Gasteiger partial charge in [0.1, 0.15) is 0 Å². The molecule has 0 nitrogen and oxygen atoms in total. The molecule has 2 aliphatic rings. The fraction of sp³-hybridized carbons (Fsp3) is 0.704. The predicted molar refractivity (Wildman–Crippen MR) is 119 cm³/mol. The molecule has 4 heteroatoms. The number of halogens is 4. The first-order valence-electron chi connectivity index (χ1n) is 12.4. The van der Waals surface area contributed by atoms with Crippen molar-refractivity contribution >= 4 is 0 Å². The Morgan fingerprint density at radius 2 is 1.26 bits per heavy atom. The second-order valence-corrected chi connectivity index (χ2v) is 9.87. The van der Waals surface area contributed by atoms with Gasteiger partial charge in [-0.05, 0) is 106 Å². The van der Waals surface area contributed by atoms with Crippen molar-refractivity contribution in [2.45, 2.75) is 95.8 Å². The molecular formula is C27H38F4. The molecule has 0 unspecified atom stereocenters. The van der Waals surface area contributed by atoms with Crippen molar-refractivity contribution in [3.63, 3.8) is 0 Å². The zero-order valence-electron chi connectivity index (χ0n) is 18.7. The molecule has 0 amide bonds. The van der Waals surface area contributed by atoms with Gasteiger partial charge in [0.15, 0.2) is 17.5 Å².